The van der Waals surface area contributed by atoms with E-state index in [1.807, 2.05) is 41.8 Å². The molecule has 0 aliphatic rings. The van der Waals surface area contributed by atoms with Gasteiger partial charge in [-0.25, -0.2) is 4.98 Å². The third kappa shape index (κ3) is 8.61. The van der Waals surface area contributed by atoms with Gasteiger partial charge in [-0.15, -0.1) is 0 Å². The molecule has 5 heteroatoms. The Bertz CT molecular complexity index is 3820. The van der Waals surface area contributed by atoms with E-state index >= 15 is 0 Å². The van der Waals surface area contributed by atoms with Crippen molar-refractivity contribution >= 4 is 32.8 Å². The van der Waals surface area contributed by atoms with Gasteiger partial charge in [0.1, 0.15) is 28.7 Å². The lowest BCUT2D eigenvalue weighted by Crippen LogP contribution is -2.31. The zero-order chi connectivity index (χ0) is 53.0. The molecule has 7 aromatic carbocycles. The fourth-order valence-electron chi connectivity index (χ4n) is 9.51. The molecule has 10 rings (SSSR count). The van der Waals surface area contributed by atoms with Crippen molar-refractivity contribution < 1.29 is 14.8 Å². The molecule has 352 valence electrons. The van der Waals surface area contributed by atoms with Gasteiger partial charge in [-0.3, -0.25) is 4.57 Å². The van der Waals surface area contributed by atoms with Crippen LogP contribution in [0.15, 0.2) is 170 Å². The van der Waals surface area contributed by atoms with E-state index in [2.05, 4.69) is 202 Å². The van der Waals surface area contributed by atoms with Crippen LogP contribution in [0.25, 0.3) is 72.3 Å². The molecule has 70 heavy (non-hydrogen) atoms. The van der Waals surface area contributed by atoms with E-state index in [1.165, 1.54) is 22.3 Å². The first-order valence-electron chi connectivity index (χ1n) is 26.5. The maximum atomic E-state index is 9.14. The molecule has 3 heterocycles. The molecule has 5 nitrogen and oxygen atoms in total. The summed E-state index contributed by atoms with van der Waals surface area (Å²) in [5, 5.41) is 1.12. The summed E-state index contributed by atoms with van der Waals surface area (Å²) in [6.07, 6.45) is 3.99. The van der Waals surface area contributed by atoms with Crippen LogP contribution in [0.4, 0.5) is 0 Å². The average Bonchev–Trinajstić information content (AvgIpc) is 3.91. The van der Waals surface area contributed by atoms with Gasteiger partial charge in [-0.1, -0.05) is 168 Å². The maximum absolute atomic E-state index is 9.14. The number of para-hydroxylation sites is 3. The summed E-state index contributed by atoms with van der Waals surface area (Å²) in [5.74, 6) is 1.79. The van der Waals surface area contributed by atoms with Crippen molar-refractivity contribution in [1.82, 2.24) is 14.1 Å². The summed E-state index contributed by atoms with van der Waals surface area (Å²) in [4.78, 5) is 4.79. The van der Waals surface area contributed by atoms with Crippen LogP contribution in [0.2, 0.25) is 0 Å². The Kier molecular flexibility index (Phi) is 10.1. The van der Waals surface area contributed by atoms with Crippen LogP contribution in [0.5, 0.6) is 11.5 Å². The Morgan fingerprint density at radius 3 is 1.84 bits per heavy atom. The van der Waals surface area contributed by atoms with Gasteiger partial charge in [-0.05, 0) is 128 Å². The number of aromatic nitrogens is 4. The Labute approximate surface area is 420 Å². The summed E-state index contributed by atoms with van der Waals surface area (Å²) in [7, 11) is 0. The number of rotatable bonds is 7. The number of fused-ring (bicyclic) bond motifs is 4. The molecule has 3 aromatic heterocycles. The quantitative estimate of drug-likeness (QED) is 0.149. The van der Waals surface area contributed by atoms with E-state index in [9.17, 15) is 0 Å². The fraction of sp³-hybridized carbons (Fsp3) is 0.262. The van der Waals surface area contributed by atoms with E-state index in [1.54, 1.807) is 6.20 Å². The van der Waals surface area contributed by atoms with Gasteiger partial charge in [0.15, 0.2) is 11.0 Å². The van der Waals surface area contributed by atoms with Gasteiger partial charge in [0.25, 0.3) is 6.33 Å². The van der Waals surface area contributed by atoms with Crippen molar-refractivity contribution in [2.75, 3.05) is 0 Å². The molecule has 0 unspecified atom stereocenters. The molecule has 0 saturated heterocycles. The number of hydrogen-bond acceptors (Lipinski definition) is 2. The molecule has 0 fully saturated rings. The van der Waals surface area contributed by atoms with E-state index in [0.717, 1.165) is 50.2 Å². The Morgan fingerprint density at radius 2 is 1.16 bits per heavy atom. The number of hydrogen-bond donors (Lipinski definition) is 0. The van der Waals surface area contributed by atoms with Crippen LogP contribution < -0.4 is 9.30 Å². The van der Waals surface area contributed by atoms with Crippen molar-refractivity contribution in [1.29, 1.82) is 0 Å². The smallest absolute Gasteiger partial charge is 0.255 e. The first-order chi connectivity index (χ1) is 34.8. The van der Waals surface area contributed by atoms with Crippen LogP contribution in [0.1, 0.15) is 116 Å². The molecule has 0 aliphatic carbocycles. The molecule has 0 amide bonds. The number of benzene rings is 7. The monoisotopic (exact) mass is 924 g/mol. The van der Waals surface area contributed by atoms with Crippen molar-refractivity contribution in [3.8, 4) is 50.9 Å². The van der Waals surface area contributed by atoms with Gasteiger partial charge in [-0.2, -0.15) is 9.13 Å². The molecule has 0 saturated carbocycles. The topological polar surface area (TPSA) is 35.9 Å². The lowest BCUT2D eigenvalue weighted by Gasteiger charge is -2.28. The minimum Gasteiger partial charge on any atom is -0.457 e. The first-order valence-corrected chi connectivity index (χ1v) is 24.5. The second-order valence-electron chi connectivity index (χ2n) is 23.1. The molecule has 0 aliphatic heterocycles. The molecule has 10 aromatic rings. The largest absolute Gasteiger partial charge is 0.457 e. The second kappa shape index (κ2) is 17.0. The minimum atomic E-state index is -0.292. The molecule has 0 radical (unpaired) electrons. The van der Waals surface area contributed by atoms with Gasteiger partial charge in [0.2, 0.25) is 0 Å². The number of aryl methyl sites for hydroxylation is 1. The molecule has 0 atom stereocenters. The summed E-state index contributed by atoms with van der Waals surface area (Å²) in [6, 6.07) is 46.6. The van der Waals surface area contributed by atoms with E-state index < -0.39 is 0 Å². The zero-order valence-electron chi connectivity index (χ0n) is 47.1. The highest BCUT2D eigenvalue weighted by Crippen LogP contribution is 2.43. The highest BCUT2D eigenvalue weighted by molar-refractivity contribution is 6.09. The Morgan fingerprint density at radius 1 is 0.529 bits per heavy atom. The fourth-order valence-corrected chi connectivity index (χ4v) is 9.51. The average molecular weight is 924 g/mol. The summed E-state index contributed by atoms with van der Waals surface area (Å²) in [5.41, 5.74) is 15.1. The molecular formula is C65H67N4O+. The van der Waals surface area contributed by atoms with Crippen LogP contribution in [-0.2, 0) is 21.7 Å². The van der Waals surface area contributed by atoms with Gasteiger partial charge < -0.3 is 4.74 Å². The number of imidazole rings is 1. The number of pyridine rings is 1. The lowest BCUT2D eigenvalue weighted by atomic mass is 9.77. The van der Waals surface area contributed by atoms with E-state index in [4.69, 9.17) is 15.2 Å². The zero-order valence-corrected chi connectivity index (χ0v) is 43.1. The SMILES string of the molecule is [2H]c1c([2H])c([2H])c2c(c1[2H])c1ccc(Oc3cc(-n4c[n+](-c5c(-c6ccccc6)cc(C(C)(C)C)cc5-c5cc(C(C)(C)C)cc(C(C)(C)C)c5)c5ccccc54)ccc3C)cc1n2-c1cc(C(C)(C)C)ccn1. The number of nitrogens with zero attached hydrogens (tertiary/aromatic N) is 4. The van der Waals surface area contributed by atoms with Gasteiger partial charge in [0, 0.05) is 40.2 Å². The molecular weight excluding hydrogens is 853 g/mol. The summed E-state index contributed by atoms with van der Waals surface area (Å²) < 4.78 is 48.9. The predicted molar refractivity (Wildman–Crippen MR) is 294 cm³/mol. The van der Waals surface area contributed by atoms with Crippen LogP contribution in [-0.4, -0.2) is 14.1 Å². The highest BCUT2D eigenvalue weighted by Gasteiger charge is 2.30. The third-order valence-corrected chi connectivity index (χ3v) is 13.8. The van der Waals surface area contributed by atoms with E-state index in [-0.39, 0.29) is 45.8 Å². The van der Waals surface area contributed by atoms with Crippen molar-refractivity contribution in [2.45, 2.75) is 112 Å². The summed E-state index contributed by atoms with van der Waals surface area (Å²) >= 11 is 0. The normalized spacial score (nSPS) is 13.4. The molecule has 0 bridgehead atoms. The van der Waals surface area contributed by atoms with Crippen LogP contribution in [0, 0.1) is 6.92 Å². The van der Waals surface area contributed by atoms with Crippen LogP contribution >= 0.6 is 0 Å². The van der Waals surface area contributed by atoms with Crippen molar-refractivity contribution in [3.05, 3.63) is 198 Å². The second-order valence-corrected chi connectivity index (χ2v) is 23.1. The third-order valence-electron chi connectivity index (χ3n) is 13.8. The van der Waals surface area contributed by atoms with E-state index in [0.29, 0.717) is 39.1 Å². The maximum Gasteiger partial charge on any atom is 0.255 e. The first kappa shape index (κ1) is 41.7. The van der Waals surface area contributed by atoms with Crippen LogP contribution in [0.3, 0.4) is 0 Å². The molecule has 0 N–H and O–H groups in total. The lowest BCUT2D eigenvalue weighted by molar-refractivity contribution is -0.566. The highest BCUT2D eigenvalue weighted by atomic mass is 16.5. The number of ether oxygens (including phenoxy) is 1. The minimum absolute atomic E-state index is 0.0800. The predicted octanol–water partition coefficient (Wildman–Crippen LogP) is 17.0. The van der Waals surface area contributed by atoms with Gasteiger partial charge >= 0.3 is 0 Å². The standard InChI is InChI=1S/C65H67N4O/c1-42-27-28-49(39-59(42)70-50-29-30-52-51-23-17-18-24-55(51)69(58(52)40-50)60-38-45(31-32-66-60)62(2,3)4)67-41-68(57-26-20-19-25-56(57)67)61-53(43-21-15-14-16-22-43)36-48(65(11,12)13)37-54(61)44-33-46(63(5,6)7)35-47(34-44)64(8,9)10/h14-41H,1-13H3/q+1/i17D,18D,23D,24D. The van der Waals surface area contributed by atoms with Crippen molar-refractivity contribution in [2.24, 2.45) is 0 Å². The Balaban J connectivity index is 1.17. The van der Waals surface area contributed by atoms with Crippen molar-refractivity contribution in [3.63, 3.8) is 0 Å². The Hall–Kier alpha value is -7.24. The summed E-state index contributed by atoms with van der Waals surface area (Å²) in [6.45, 7) is 29.2. The molecule has 0 spiro atoms. The van der Waals surface area contributed by atoms with Gasteiger partial charge in [0.05, 0.1) is 16.5 Å².